The second-order valence-corrected chi connectivity index (χ2v) is 5.89. The molecule has 1 heterocycles. The van der Waals surface area contributed by atoms with Crippen LogP contribution in [0, 0.1) is 0 Å². The van der Waals surface area contributed by atoms with Gasteiger partial charge in [-0.15, -0.1) is 0 Å². The maximum Gasteiger partial charge on any atom is 0.410 e. The molecule has 0 radical (unpaired) electrons. The molecule has 1 fully saturated rings. The summed E-state index contributed by atoms with van der Waals surface area (Å²) in [6.45, 7) is 9.79. The van der Waals surface area contributed by atoms with E-state index in [1.165, 1.54) is 0 Å². The minimum atomic E-state index is -0.560. The molecule has 0 aromatic rings. The summed E-state index contributed by atoms with van der Waals surface area (Å²) >= 11 is 0. The van der Waals surface area contributed by atoms with Crippen LogP contribution in [0.15, 0.2) is 0 Å². The molecule has 0 aliphatic carbocycles. The molecule has 1 saturated heterocycles. The molecule has 0 saturated carbocycles. The van der Waals surface area contributed by atoms with Gasteiger partial charge in [-0.05, 0) is 34.6 Å². The highest BCUT2D eigenvalue weighted by Crippen LogP contribution is 2.24. The Morgan fingerprint density at radius 3 is 2.53 bits per heavy atom. The molecule has 1 rings (SSSR count). The third kappa shape index (κ3) is 3.70. The van der Waals surface area contributed by atoms with Gasteiger partial charge < -0.3 is 14.3 Å². The Hall–Kier alpha value is -1.10. The summed E-state index contributed by atoms with van der Waals surface area (Å²) in [5, 5.41) is 0. The highest BCUT2D eigenvalue weighted by molar-refractivity contribution is 5.70. The lowest BCUT2D eigenvalue weighted by atomic mass is 10.0. The highest BCUT2D eigenvalue weighted by Gasteiger charge is 2.40. The summed E-state index contributed by atoms with van der Waals surface area (Å²) in [4.78, 5) is 24.3. The summed E-state index contributed by atoms with van der Waals surface area (Å²) in [7, 11) is 0. The van der Waals surface area contributed by atoms with Gasteiger partial charge in [0.25, 0.3) is 0 Å². The zero-order valence-electron chi connectivity index (χ0n) is 11.1. The minimum Gasteiger partial charge on any atom is -0.444 e. The van der Waals surface area contributed by atoms with Crippen LogP contribution in [0.3, 0.4) is 0 Å². The zero-order valence-corrected chi connectivity index (χ0v) is 11.1. The monoisotopic (exact) mass is 243 g/mol. The van der Waals surface area contributed by atoms with Crippen molar-refractivity contribution in [3.8, 4) is 0 Å². The van der Waals surface area contributed by atoms with Gasteiger partial charge in [-0.3, -0.25) is 4.90 Å². The molecule has 17 heavy (non-hydrogen) atoms. The van der Waals surface area contributed by atoms with Crippen molar-refractivity contribution >= 4 is 12.4 Å². The summed E-state index contributed by atoms with van der Waals surface area (Å²) in [5.74, 6) is 0. The molecule has 5 nitrogen and oxygen atoms in total. The number of morpholine rings is 1. The molecule has 5 heteroatoms. The predicted octanol–water partition coefficient (Wildman–Crippen LogP) is 1.60. The van der Waals surface area contributed by atoms with E-state index in [1.54, 1.807) is 4.90 Å². The third-order valence-corrected chi connectivity index (χ3v) is 2.51. The zero-order chi connectivity index (χ0) is 13.3. The van der Waals surface area contributed by atoms with Crippen LogP contribution in [0.2, 0.25) is 0 Å². The van der Waals surface area contributed by atoms with Gasteiger partial charge in [0.05, 0.1) is 18.7 Å². The van der Waals surface area contributed by atoms with Crippen LogP contribution >= 0.6 is 0 Å². The van der Waals surface area contributed by atoms with Crippen LogP contribution in [0.4, 0.5) is 4.79 Å². The number of hydrogen-bond acceptors (Lipinski definition) is 4. The first-order valence-electron chi connectivity index (χ1n) is 5.73. The van der Waals surface area contributed by atoms with Gasteiger partial charge in [0, 0.05) is 0 Å². The topological polar surface area (TPSA) is 55.8 Å². The van der Waals surface area contributed by atoms with Crippen LogP contribution in [0.1, 0.15) is 34.6 Å². The Kier molecular flexibility index (Phi) is 3.81. The van der Waals surface area contributed by atoms with Crippen molar-refractivity contribution < 1.29 is 19.1 Å². The first-order chi connectivity index (χ1) is 7.65. The van der Waals surface area contributed by atoms with Crippen molar-refractivity contribution in [3.63, 3.8) is 0 Å². The highest BCUT2D eigenvalue weighted by atomic mass is 16.6. The molecule has 0 aromatic carbocycles. The molecular formula is C12H21NO4. The van der Waals surface area contributed by atoms with E-state index in [9.17, 15) is 9.59 Å². The van der Waals surface area contributed by atoms with Gasteiger partial charge in [-0.2, -0.15) is 0 Å². The van der Waals surface area contributed by atoms with Crippen molar-refractivity contribution in [2.75, 3.05) is 13.2 Å². The van der Waals surface area contributed by atoms with Crippen molar-refractivity contribution in [1.29, 1.82) is 0 Å². The smallest absolute Gasteiger partial charge is 0.410 e. The first-order valence-corrected chi connectivity index (χ1v) is 5.73. The Bertz CT molecular complexity index is 306. The molecule has 98 valence electrons. The fraction of sp³-hybridized carbons (Fsp3) is 0.833. The lowest BCUT2D eigenvalue weighted by Gasteiger charge is -2.44. The molecule has 1 unspecified atom stereocenters. The standard InChI is InChI=1S/C12H21NO4/c1-11(2,3)17-10(15)13-6-9(7-14)16-8-12(13,4)5/h7,9H,6,8H2,1-5H3. The SMILES string of the molecule is CC(C)(C)OC(=O)N1CC(C=O)OCC1(C)C. The summed E-state index contributed by atoms with van der Waals surface area (Å²) in [6, 6.07) is 0. The Labute approximate surface area is 102 Å². The quantitative estimate of drug-likeness (QED) is 0.656. The van der Waals surface area contributed by atoms with Gasteiger partial charge in [0.2, 0.25) is 0 Å². The van der Waals surface area contributed by atoms with Gasteiger partial charge in [0.1, 0.15) is 11.7 Å². The fourth-order valence-corrected chi connectivity index (χ4v) is 1.59. The lowest BCUT2D eigenvalue weighted by Crippen LogP contribution is -2.59. The molecule has 0 N–H and O–H groups in total. The first kappa shape index (κ1) is 14.0. The van der Waals surface area contributed by atoms with Crippen LogP contribution < -0.4 is 0 Å². The van der Waals surface area contributed by atoms with Crippen LogP contribution in [-0.2, 0) is 14.3 Å². The molecule has 1 atom stereocenters. The number of amides is 1. The maximum absolute atomic E-state index is 12.0. The molecule has 1 amide bonds. The lowest BCUT2D eigenvalue weighted by molar-refractivity contribution is -0.133. The van der Waals surface area contributed by atoms with Crippen molar-refractivity contribution in [2.24, 2.45) is 0 Å². The van der Waals surface area contributed by atoms with Gasteiger partial charge >= 0.3 is 6.09 Å². The normalized spacial score (nSPS) is 24.3. The summed E-state index contributed by atoms with van der Waals surface area (Å²) < 4.78 is 10.7. The number of carbonyl (C=O) groups is 2. The maximum atomic E-state index is 12.0. The van der Waals surface area contributed by atoms with Gasteiger partial charge in [0.15, 0.2) is 6.29 Å². The predicted molar refractivity (Wildman–Crippen MR) is 62.8 cm³/mol. The van der Waals surface area contributed by atoms with E-state index in [4.69, 9.17) is 9.47 Å². The number of aldehydes is 1. The minimum absolute atomic E-state index is 0.241. The Morgan fingerprint density at radius 1 is 1.47 bits per heavy atom. The average Bonchev–Trinajstić information content (AvgIpc) is 2.14. The van der Waals surface area contributed by atoms with E-state index in [0.29, 0.717) is 12.9 Å². The molecule has 0 aromatic heterocycles. The number of carbonyl (C=O) groups excluding carboxylic acids is 2. The second kappa shape index (κ2) is 4.64. The second-order valence-electron chi connectivity index (χ2n) is 5.89. The summed E-state index contributed by atoms with van der Waals surface area (Å²) in [5.41, 5.74) is -0.996. The van der Waals surface area contributed by atoms with Crippen molar-refractivity contribution in [1.82, 2.24) is 4.90 Å². The van der Waals surface area contributed by atoms with E-state index in [2.05, 4.69) is 0 Å². The van der Waals surface area contributed by atoms with Gasteiger partial charge in [-0.1, -0.05) is 0 Å². The van der Waals surface area contributed by atoms with E-state index < -0.39 is 23.3 Å². The van der Waals surface area contributed by atoms with Crippen LogP contribution in [0.5, 0.6) is 0 Å². The number of hydrogen-bond donors (Lipinski definition) is 0. The number of rotatable bonds is 1. The van der Waals surface area contributed by atoms with E-state index in [-0.39, 0.29) is 6.54 Å². The molecule has 1 aliphatic rings. The van der Waals surface area contributed by atoms with Crippen molar-refractivity contribution in [3.05, 3.63) is 0 Å². The fourth-order valence-electron chi connectivity index (χ4n) is 1.59. The van der Waals surface area contributed by atoms with Crippen LogP contribution in [-0.4, -0.2) is 47.7 Å². The van der Waals surface area contributed by atoms with Gasteiger partial charge in [-0.25, -0.2) is 4.79 Å². The molecule has 1 aliphatic heterocycles. The molecular weight excluding hydrogens is 222 g/mol. The van der Waals surface area contributed by atoms with Crippen LogP contribution in [0.25, 0.3) is 0 Å². The van der Waals surface area contributed by atoms with E-state index in [0.717, 1.165) is 0 Å². The third-order valence-electron chi connectivity index (χ3n) is 2.51. The van der Waals surface area contributed by atoms with E-state index in [1.807, 2.05) is 34.6 Å². The number of nitrogens with zero attached hydrogens (tertiary/aromatic N) is 1. The Balaban J connectivity index is 2.77. The molecule has 0 spiro atoms. The van der Waals surface area contributed by atoms with Crippen molar-refractivity contribution in [2.45, 2.75) is 51.9 Å². The molecule has 0 bridgehead atoms. The number of ether oxygens (including phenoxy) is 2. The summed E-state index contributed by atoms with van der Waals surface area (Å²) in [6.07, 6.45) is -0.250. The van der Waals surface area contributed by atoms with E-state index >= 15 is 0 Å². The Morgan fingerprint density at radius 2 is 2.06 bits per heavy atom. The average molecular weight is 243 g/mol. The largest absolute Gasteiger partial charge is 0.444 e.